The van der Waals surface area contributed by atoms with Crippen LogP contribution in [0.1, 0.15) is 16.3 Å². The molecule has 0 spiro atoms. The zero-order valence-corrected chi connectivity index (χ0v) is 15.3. The molecule has 0 aliphatic carbocycles. The van der Waals surface area contributed by atoms with Gasteiger partial charge >= 0.3 is 0 Å². The molecule has 3 aromatic rings. The summed E-state index contributed by atoms with van der Waals surface area (Å²) in [6.45, 7) is 1.68. The lowest BCUT2D eigenvalue weighted by Gasteiger charge is -2.04. The number of nitrogens with one attached hydrogen (secondary N) is 1. The normalized spacial score (nSPS) is 10.7. The monoisotopic (exact) mass is 398 g/mol. The topological polar surface area (TPSA) is 67.8 Å². The van der Waals surface area contributed by atoms with Crippen LogP contribution in [0.3, 0.4) is 0 Å². The number of thiazole rings is 1. The second-order valence-corrected chi connectivity index (χ2v) is 6.84. The van der Waals surface area contributed by atoms with Crippen molar-refractivity contribution in [3.8, 4) is 11.3 Å². The molecule has 0 bridgehead atoms. The average molecular weight is 400 g/mol. The van der Waals surface area contributed by atoms with E-state index in [1.165, 1.54) is 17.5 Å². The lowest BCUT2D eigenvalue weighted by molar-refractivity contribution is 0.102. The summed E-state index contributed by atoms with van der Waals surface area (Å²) in [4.78, 5) is 24.6. The van der Waals surface area contributed by atoms with Crippen molar-refractivity contribution < 1.29 is 4.79 Å². The molecule has 1 N–H and O–H groups in total. The molecule has 0 unspecified atom stereocenters. The van der Waals surface area contributed by atoms with Gasteiger partial charge in [0.2, 0.25) is 0 Å². The van der Waals surface area contributed by atoms with Gasteiger partial charge in [-0.25, -0.2) is 15.0 Å². The summed E-state index contributed by atoms with van der Waals surface area (Å²) in [6, 6.07) is 5.14. The van der Waals surface area contributed by atoms with Crippen molar-refractivity contribution >= 4 is 57.2 Å². The third kappa shape index (κ3) is 3.67. The summed E-state index contributed by atoms with van der Waals surface area (Å²) < 4.78 is 0. The molecule has 3 rings (SSSR count). The maximum Gasteiger partial charge on any atom is 0.277 e. The zero-order valence-electron chi connectivity index (χ0n) is 12.2. The van der Waals surface area contributed by atoms with Crippen LogP contribution in [0.2, 0.25) is 15.1 Å². The lowest BCUT2D eigenvalue weighted by atomic mass is 10.2. The van der Waals surface area contributed by atoms with E-state index in [4.69, 9.17) is 34.8 Å². The highest BCUT2D eigenvalue weighted by Crippen LogP contribution is 2.32. The van der Waals surface area contributed by atoms with Gasteiger partial charge in [-0.2, -0.15) is 0 Å². The van der Waals surface area contributed by atoms with E-state index in [9.17, 15) is 4.79 Å². The third-order valence-corrected chi connectivity index (χ3v) is 4.59. The Hall–Kier alpha value is -1.73. The minimum Gasteiger partial charge on any atom is -0.296 e. The second kappa shape index (κ2) is 7.03. The van der Waals surface area contributed by atoms with Gasteiger partial charge in [-0.05, 0) is 25.1 Å². The van der Waals surface area contributed by atoms with E-state index in [0.29, 0.717) is 26.7 Å². The van der Waals surface area contributed by atoms with Crippen LogP contribution >= 0.6 is 46.1 Å². The first-order chi connectivity index (χ1) is 11.4. The number of aryl methyl sites for hydroxylation is 1. The fourth-order valence-electron chi connectivity index (χ4n) is 1.92. The number of hydrogen-bond acceptors (Lipinski definition) is 5. The van der Waals surface area contributed by atoms with E-state index < -0.39 is 5.91 Å². The highest BCUT2D eigenvalue weighted by molar-refractivity contribution is 7.14. The molecule has 0 fully saturated rings. The Kier molecular flexibility index (Phi) is 5.01. The van der Waals surface area contributed by atoms with Crippen LogP contribution in [0.4, 0.5) is 5.13 Å². The average Bonchev–Trinajstić information content (AvgIpc) is 2.97. The zero-order chi connectivity index (χ0) is 17.3. The summed E-state index contributed by atoms with van der Waals surface area (Å²) in [5.74, 6) is 0.00549. The molecule has 9 heteroatoms. The van der Waals surface area contributed by atoms with Gasteiger partial charge in [0.1, 0.15) is 5.82 Å². The van der Waals surface area contributed by atoms with Crippen LogP contribution in [-0.2, 0) is 0 Å². The minimum absolute atomic E-state index is 0.102. The number of carbonyl (C=O) groups excluding carboxylic acids is 1. The number of nitrogens with zero attached hydrogens (tertiary/aromatic N) is 3. The van der Waals surface area contributed by atoms with E-state index in [2.05, 4.69) is 20.3 Å². The number of anilines is 1. The highest BCUT2D eigenvalue weighted by Gasteiger charge is 2.16. The number of aromatic nitrogens is 3. The molecule has 0 saturated carbocycles. The Balaban J connectivity index is 1.83. The molecule has 0 atom stereocenters. The van der Waals surface area contributed by atoms with Gasteiger partial charge in [-0.1, -0.05) is 34.8 Å². The molecule has 1 amide bonds. The Bertz CT molecular complexity index is 929. The standard InChI is InChI=1S/C15H9Cl3N4OS/c1-7-19-5-11(18)13(20-7)14(23)22-15-21-12(6-24-15)9-3-2-8(16)4-10(9)17/h2-6H,1H3,(H,21,22,23). The first-order valence-electron chi connectivity index (χ1n) is 6.65. The summed E-state index contributed by atoms with van der Waals surface area (Å²) in [7, 11) is 0. The number of hydrogen-bond donors (Lipinski definition) is 1. The van der Waals surface area contributed by atoms with E-state index in [1.54, 1.807) is 30.5 Å². The van der Waals surface area contributed by atoms with Crippen LogP contribution in [0.15, 0.2) is 29.8 Å². The maximum atomic E-state index is 12.3. The number of rotatable bonds is 3. The maximum absolute atomic E-state index is 12.3. The van der Waals surface area contributed by atoms with Crippen molar-refractivity contribution in [3.05, 3.63) is 56.4 Å². The van der Waals surface area contributed by atoms with Gasteiger partial charge in [0.05, 0.1) is 21.9 Å². The second-order valence-electron chi connectivity index (χ2n) is 4.73. The largest absolute Gasteiger partial charge is 0.296 e. The highest BCUT2D eigenvalue weighted by atomic mass is 35.5. The summed E-state index contributed by atoms with van der Waals surface area (Å²) in [5.41, 5.74) is 1.47. The quantitative estimate of drug-likeness (QED) is 0.663. The number of carbonyl (C=O) groups is 1. The molecule has 0 aliphatic heterocycles. The van der Waals surface area contributed by atoms with Gasteiger partial charge in [0.15, 0.2) is 10.8 Å². The van der Waals surface area contributed by atoms with E-state index in [0.717, 1.165) is 5.56 Å². The molecule has 1 aromatic carbocycles. The van der Waals surface area contributed by atoms with Gasteiger partial charge in [-0.3, -0.25) is 10.1 Å². The van der Waals surface area contributed by atoms with Crippen molar-refractivity contribution in [1.29, 1.82) is 0 Å². The molecule has 5 nitrogen and oxygen atoms in total. The smallest absolute Gasteiger partial charge is 0.277 e. The van der Waals surface area contributed by atoms with Crippen molar-refractivity contribution in [1.82, 2.24) is 15.0 Å². The first kappa shape index (κ1) is 17.1. The van der Waals surface area contributed by atoms with E-state index in [1.807, 2.05) is 0 Å². The number of halogens is 3. The number of amides is 1. The molecular weight excluding hydrogens is 391 g/mol. The number of benzene rings is 1. The molecule has 2 aromatic heterocycles. The molecule has 0 aliphatic rings. The Morgan fingerprint density at radius 1 is 1.17 bits per heavy atom. The van der Waals surface area contributed by atoms with Gasteiger partial charge < -0.3 is 0 Å². The minimum atomic E-state index is -0.450. The van der Waals surface area contributed by atoms with Crippen LogP contribution in [0.5, 0.6) is 0 Å². The molecule has 24 heavy (non-hydrogen) atoms. The van der Waals surface area contributed by atoms with Crippen LogP contribution in [0, 0.1) is 6.92 Å². The van der Waals surface area contributed by atoms with Crippen LogP contribution in [0.25, 0.3) is 11.3 Å². The molecule has 0 radical (unpaired) electrons. The van der Waals surface area contributed by atoms with Crippen molar-refractivity contribution in [2.24, 2.45) is 0 Å². The Morgan fingerprint density at radius 2 is 1.96 bits per heavy atom. The fraction of sp³-hybridized carbons (Fsp3) is 0.0667. The van der Waals surface area contributed by atoms with E-state index >= 15 is 0 Å². The molecular formula is C15H9Cl3N4OS. The summed E-state index contributed by atoms with van der Waals surface area (Å²) >= 11 is 19.3. The van der Waals surface area contributed by atoms with Crippen molar-refractivity contribution in [2.45, 2.75) is 6.92 Å². The predicted molar refractivity (Wildman–Crippen MR) is 97.3 cm³/mol. The predicted octanol–water partition coefficient (Wildman–Crippen LogP) is 5.12. The van der Waals surface area contributed by atoms with Crippen molar-refractivity contribution in [3.63, 3.8) is 0 Å². The van der Waals surface area contributed by atoms with Crippen LogP contribution in [-0.4, -0.2) is 20.9 Å². The fourth-order valence-corrected chi connectivity index (χ4v) is 3.31. The van der Waals surface area contributed by atoms with Crippen molar-refractivity contribution in [2.75, 3.05) is 5.32 Å². The molecule has 0 saturated heterocycles. The summed E-state index contributed by atoms with van der Waals surface area (Å²) in [5, 5.41) is 6.08. The van der Waals surface area contributed by atoms with Gasteiger partial charge in [-0.15, -0.1) is 11.3 Å². The lowest BCUT2D eigenvalue weighted by Crippen LogP contribution is -2.15. The van der Waals surface area contributed by atoms with Gasteiger partial charge in [0, 0.05) is 16.0 Å². The Morgan fingerprint density at radius 3 is 2.71 bits per heavy atom. The Labute approximate surface area is 156 Å². The SMILES string of the molecule is Cc1ncc(Cl)c(C(=O)Nc2nc(-c3ccc(Cl)cc3Cl)cs2)n1. The molecule has 2 heterocycles. The first-order valence-corrected chi connectivity index (χ1v) is 8.67. The summed E-state index contributed by atoms with van der Waals surface area (Å²) in [6.07, 6.45) is 1.39. The van der Waals surface area contributed by atoms with Gasteiger partial charge in [0.25, 0.3) is 5.91 Å². The van der Waals surface area contributed by atoms with Crippen LogP contribution < -0.4 is 5.32 Å². The molecule has 122 valence electrons. The third-order valence-electron chi connectivity index (χ3n) is 3.01. The van der Waals surface area contributed by atoms with E-state index in [-0.39, 0.29) is 10.7 Å².